The summed E-state index contributed by atoms with van der Waals surface area (Å²) in [6.07, 6.45) is 0. The lowest BCUT2D eigenvalue weighted by Crippen LogP contribution is -2.01. The summed E-state index contributed by atoms with van der Waals surface area (Å²) in [7, 11) is 0. The van der Waals surface area contributed by atoms with Crippen molar-refractivity contribution in [2.45, 2.75) is 0 Å². The molecule has 8 aromatic carbocycles. The summed E-state index contributed by atoms with van der Waals surface area (Å²) in [5.41, 5.74) is 10.9. The van der Waals surface area contributed by atoms with E-state index in [1.807, 2.05) is 29.5 Å². The first kappa shape index (κ1) is 31.2. The van der Waals surface area contributed by atoms with Crippen LogP contribution < -0.4 is 0 Å². The van der Waals surface area contributed by atoms with Crippen LogP contribution in [0.3, 0.4) is 0 Å². The second-order valence-electron chi connectivity index (χ2n) is 14.4. The average molecular weight is 731 g/mol. The van der Waals surface area contributed by atoms with Crippen LogP contribution >= 0.6 is 11.3 Å². The van der Waals surface area contributed by atoms with Crippen molar-refractivity contribution < 1.29 is 0 Å². The number of thiophene rings is 1. The molecule has 0 N–H and O–H groups in total. The normalized spacial score (nSPS) is 11.9. The van der Waals surface area contributed by atoms with E-state index in [1.54, 1.807) is 0 Å². The van der Waals surface area contributed by atoms with Crippen LogP contribution in [0.5, 0.6) is 0 Å². The monoisotopic (exact) mass is 730 g/mol. The molecule has 56 heavy (non-hydrogen) atoms. The summed E-state index contributed by atoms with van der Waals surface area (Å²) >= 11 is 1.84. The smallest absolute Gasteiger partial charge is 0.164 e. The van der Waals surface area contributed by atoms with E-state index in [0.29, 0.717) is 17.5 Å². The number of hydrogen-bond donors (Lipinski definition) is 0. The maximum absolute atomic E-state index is 5.45. The Hall–Kier alpha value is -7.21. The molecular weight excluding hydrogens is 701 g/mol. The van der Waals surface area contributed by atoms with Crippen LogP contribution in [0.4, 0.5) is 0 Å². The molecule has 4 heterocycles. The highest BCUT2D eigenvalue weighted by molar-refractivity contribution is 7.26. The molecule has 0 spiro atoms. The number of rotatable bonds is 5. The molecule has 0 atom stereocenters. The standard InChI is InChI=1S/C51H30N4S/c1-4-15-31(16-5-1)34-27-35(32-17-6-2-7-18-32)29-36(28-34)50-52-49(33-19-8-3-9-20-33)53-51(54-50)40-30-44-47-46-38(23-14-26-43(46)56-44)37-21-10-12-24-41(37)55-42-25-13-11-22-39(42)45(40)48(47)55/h1-30H. The zero-order chi connectivity index (χ0) is 36.7. The molecule has 0 saturated heterocycles. The summed E-state index contributed by atoms with van der Waals surface area (Å²) in [5, 5.41) is 7.43. The van der Waals surface area contributed by atoms with Gasteiger partial charge in [-0.15, -0.1) is 11.3 Å². The summed E-state index contributed by atoms with van der Waals surface area (Å²) in [5.74, 6) is 1.93. The van der Waals surface area contributed by atoms with Gasteiger partial charge in [-0.3, -0.25) is 0 Å². The average Bonchev–Trinajstić information content (AvgIpc) is 3.79. The van der Waals surface area contributed by atoms with E-state index < -0.39 is 0 Å². The number of nitrogens with zero attached hydrogens (tertiary/aromatic N) is 4. The minimum atomic E-state index is 0.633. The molecule has 0 saturated carbocycles. The number of para-hydroxylation sites is 2. The van der Waals surface area contributed by atoms with Crippen molar-refractivity contribution in [2.75, 3.05) is 0 Å². The fourth-order valence-corrected chi connectivity index (χ4v) is 9.87. The molecule has 5 heteroatoms. The number of hydrogen-bond acceptors (Lipinski definition) is 4. The quantitative estimate of drug-likeness (QED) is 0.177. The van der Waals surface area contributed by atoms with Gasteiger partial charge in [0.2, 0.25) is 0 Å². The van der Waals surface area contributed by atoms with Gasteiger partial charge in [-0.1, -0.05) is 140 Å². The minimum Gasteiger partial charge on any atom is -0.308 e. The molecule has 0 aliphatic rings. The van der Waals surface area contributed by atoms with Crippen LogP contribution in [0.1, 0.15) is 0 Å². The van der Waals surface area contributed by atoms with Crippen molar-refractivity contribution in [1.82, 2.24) is 19.4 Å². The Morgan fingerprint density at radius 3 is 1.54 bits per heavy atom. The van der Waals surface area contributed by atoms with Crippen LogP contribution in [0, 0.1) is 0 Å². The van der Waals surface area contributed by atoms with Crippen molar-refractivity contribution in [3.63, 3.8) is 0 Å². The van der Waals surface area contributed by atoms with Gasteiger partial charge in [0.1, 0.15) is 0 Å². The van der Waals surface area contributed by atoms with Crippen LogP contribution in [0.2, 0.25) is 0 Å². The zero-order valence-corrected chi connectivity index (χ0v) is 30.8. The van der Waals surface area contributed by atoms with Gasteiger partial charge in [-0.05, 0) is 70.1 Å². The predicted molar refractivity (Wildman–Crippen MR) is 235 cm³/mol. The summed E-state index contributed by atoms with van der Waals surface area (Å²) in [6, 6.07) is 64.7. The van der Waals surface area contributed by atoms with E-state index in [2.05, 4.69) is 168 Å². The van der Waals surface area contributed by atoms with E-state index in [0.717, 1.165) is 49.8 Å². The molecule has 0 bridgehead atoms. The number of fused-ring (bicyclic) bond motifs is 6. The third kappa shape index (κ3) is 4.68. The third-order valence-electron chi connectivity index (χ3n) is 11.1. The molecule has 0 aliphatic carbocycles. The molecule has 0 unspecified atom stereocenters. The second-order valence-corrected chi connectivity index (χ2v) is 15.5. The van der Waals surface area contributed by atoms with Gasteiger partial charge in [-0.25, -0.2) is 15.0 Å². The van der Waals surface area contributed by atoms with Gasteiger partial charge in [0.05, 0.1) is 16.6 Å². The van der Waals surface area contributed by atoms with Crippen molar-refractivity contribution in [3.8, 4) is 56.4 Å². The van der Waals surface area contributed by atoms with E-state index in [4.69, 9.17) is 15.0 Å². The lowest BCUT2D eigenvalue weighted by Gasteiger charge is -2.13. The molecule has 0 radical (unpaired) electrons. The lowest BCUT2D eigenvalue weighted by molar-refractivity contribution is 1.08. The molecule has 12 rings (SSSR count). The second kappa shape index (κ2) is 12.2. The van der Waals surface area contributed by atoms with Crippen molar-refractivity contribution in [1.29, 1.82) is 0 Å². The van der Waals surface area contributed by atoms with Crippen molar-refractivity contribution in [3.05, 3.63) is 182 Å². The molecular formula is C51H30N4S. The van der Waals surface area contributed by atoms with Crippen LogP contribution in [-0.4, -0.2) is 19.4 Å². The van der Waals surface area contributed by atoms with Gasteiger partial charge >= 0.3 is 0 Å². The first-order valence-corrected chi connectivity index (χ1v) is 19.7. The maximum atomic E-state index is 5.45. The highest BCUT2D eigenvalue weighted by atomic mass is 32.1. The van der Waals surface area contributed by atoms with E-state index in [1.165, 1.54) is 47.4 Å². The Balaban J connectivity index is 1.22. The largest absolute Gasteiger partial charge is 0.308 e. The molecule has 0 aliphatic heterocycles. The van der Waals surface area contributed by atoms with Crippen molar-refractivity contribution in [2.24, 2.45) is 0 Å². The first-order chi connectivity index (χ1) is 27.8. The summed E-state index contributed by atoms with van der Waals surface area (Å²) in [4.78, 5) is 16.0. The Bertz CT molecular complexity index is 3400. The van der Waals surface area contributed by atoms with Gasteiger partial charge < -0.3 is 4.40 Å². The van der Waals surface area contributed by atoms with Gasteiger partial charge in [0.25, 0.3) is 0 Å². The Morgan fingerprint density at radius 2 is 0.857 bits per heavy atom. The fraction of sp³-hybridized carbons (Fsp3) is 0. The molecule has 260 valence electrons. The van der Waals surface area contributed by atoms with Crippen LogP contribution in [0.25, 0.3) is 115 Å². The van der Waals surface area contributed by atoms with E-state index in [-0.39, 0.29) is 0 Å². The predicted octanol–water partition coefficient (Wildman–Crippen LogP) is 13.7. The SMILES string of the molecule is c1ccc(-c2cc(-c3ccccc3)cc(-c3nc(-c4ccccc4)nc(-c4cc5sc6cccc7c8ccccc8n8c9ccccc9c4c8c5c67)n3)c2)cc1. The molecule has 0 amide bonds. The van der Waals surface area contributed by atoms with Gasteiger partial charge in [-0.2, -0.15) is 0 Å². The molecule has 0 fully saturated rings. The summed E-state index contributed by atoms with van der Waals surface area (Å²) in [6.45, 7) is 0. The first-order valence-electron chi connectivity index (χ1n) is 18.9. The van der Waals surface area contributed by atoms with Gasteiger partial charge in [0.15, 0.2) is 17.5 Å². The number of aromatic nitrogens is 4. The molecule has 4 aromatic heterocycles. The summed E-state index contributed by atoms with van der Waals surface area (Å²) < 4.78 is 4.97. The lowest BCUT2D eigenvalue weighted by atomic mass is 9.95. The fourth-order valence-electron chi connectivity index (χ4n) is 8.70. The Labute approximate surface area is 326 Å². The molecule has 12 aromatic rings. The minimum absolute atomic E-state index is 0.633. The highest BCUT2D eigenvalue weighted by Crippen LogP contribution is 2.49. The third-order valence-corrected chi connectivity index (χ3v) is 12.2. The number of benzene rings is 8. The van der Waals surface area contributed by atoms with Gasteiger partial charge in [0, 0.05) is 53.0 Å². The Morgan fingerprint density at radius 1 is 0.339 bits per heavy atom. The van der Waals surface area contributed by atoms with Crippen LogP contribution in [-0.2, 0) is 0 Å². The van der Waals surface area contributed by atoms with E-state index in [9.17, 15) is 0 Å². The topological polar surface area (TPSA) is 43.1 Å². The van der Waals surface area contributed by atoms with Crippen molar-refractivity contribution >= 4 is 69.6 Å². The maximum Gasteiger partial charge on any atom is 0.164 e. The van der Waals surface area contributed by atoms with Crippen LogP contribution in [0.15, 0.2) is 182 Å². The van der Waals surface area contributed by atoms with E-state index >= 15 is 0 Å². The molecule has 4 nitrogen and oxygen atoms in total. The Kier molecular flexibility index (Phi) is 6.76. The highest BCUT2D eigenvalue weighted by Gasteiger charge is 2.25. The zero-order valence-electron chi connectivity index (χ0n) is 30.0.